The molecule has 1 aliphatic heterocycles. The van der Waals surface area contributed by atoms with Crippen LogP contribution in [0, 0.1) is 5.92 Å². The van der Waals surface area contributed by atoms with Crippen LogP contribution in [0.2, 0.25) is 5.02 Å². The van der Waals surface area contributed by atoms with E-state index in [0.29, 0.717) is 11.6 Å². The summed E-state index contributed by atoms with van der Waals surface area (Å²) in [4.78, 5) is 2.72. The van der Waals surface area contributed by atoms with Crippen molar-refractivity contribution in [3.63, 3.8) is 0 Å². The van der Waals surface area contributed by atoms with Crippen molar-refractivity contribution >= 4 is 11.6 Å². The Labute approximate surface area is 133 Å². The van der Waals surface area contributed by atoms with Gasteiger partial charge in [0.2, 0.25) is 0 Å². The number of halogens is 1. The van der Waals surface area contributed by atoms with E-state index in [1.165, 1.54) is 37.8 Å². The maximum absolute atomic E-state index is 6.16. The minimum absolute atomic E-state index is 0.299. The summed E-state index contributed by atoms with van der Waals surface area (Å²) < 4.78 is 0. The van der Waals surface area contributed by atoms with Crippen LogP contribution in [0.3, 0.4) is 0 Å². The lowest BCUT2D eigenvalue weighted by atomic mass is 9.86. The summed E-state index contributed by atoms with van der Waals surface area (Å²) in [6, 6.07) is 9.04. The fourth-order valence-electron chi connectivity index (χ4n) is 3.78. The van der Waals surface area contributed by atoms with Crippen LogP contribution in [0.4, 0.5) is 0 Å². The van der Waals surface area contributed by atoms with E-state index >= 15 is 0 Å². The Bertz CT molecular complexity index is 480. The molecule has 1 aliphatic carbocycles. The average molecular weight is 307 g/mol. The van der Waals surface area contributed by atoms with Crippen LogP contribution in [0.1, 0.15) is 45.1 Å². The SMILES string of the molecule is CCC1(CC)CNC(C2CC2)CN1Cc1cccc(Cl)c1. The summed E-state index contributed by atoms with van der Waals surface area (Å²) in [5.74, 6) is 0.915. The standard InChI is InChI=1S/C18H27ClN2/c1-3-18(4-2)13-20-17(15-8-9-15)12-21(18)11-14-6-5-7-16(19)10-14/h5-7,10,15,17,20H,3-4,8-9,11-13H2,1-2H3. The highest BCUT2D eigenvalue weighted by molar-refractivity contribution is 6.30. The molecule has 1 aromatic carbocycles. The highest BCUT2D eigenvalue weighted by atomic mass is 35.5. The Balaban J connectivity index is 1.78. The molecule has 116 valence electrons. The fourth-order valence-corrected chi connectivity index (χ4v) is 3.99. The Morgan fingerprint density at radius 2 is 2.05 bits per heavy atom. The van der Waals surface area contributed by atoms with E-state index in [2.05, 4.69) is 42.3 Å². The van der Waals surface area contributed by atoms with E-state index in [9.17, 15) is 0 Å². The molecule has 0 spiro atoms. The van der Waals surface area contributed by atoms with Crippen LogP contribution in [-0.4, -0.2) is 29.6 Å². The lowest BCUT2D eigenvalue weighted by Gasteiger charge is -2.50. The number of nitrogens with one attached hydrogen (secondary N) is 1. The van der Waals surface area contributed by atoms with E-state index in [-0.39, 0.29) is 0 Å². The Kier molecular flexibility index (Phi) is 4.58. The van der Waals surface area contributed by atoms with E-state index in [0.717, 1.165) is 24.0 Å². The Morgan fingerprint density at radius 3 is 2.67 bits per heavy atom. The zero-order valence-electron chi connectivity index (χ0n) is 13.2. The highest BCUT2D eigenvalue weighted by Crippen LogP contribution is 2.37. The molecule has 0 bridgehead atoms. The monoisotopic (exact) mass is 306 g/mol. The van der Waals surface area contributed by atoms with Crippen molar-refractivity contribution in [2.75, 3.05) is 13.1 Å². The first-order valence-electron chi connectivity index (χ1n) is 8.40. The average Bonchev–Trinajstić information content (AvgIpc) is 3.32. The lowest BCUT2D eigenvalue weighted by Crippen LogP contribution is -2.64. The molecule has 1 atom stereocenters. The summed E-state index contributed by atoms with van der Waals surface area (Å²) in [7, 11) is 0. The molecular weight excluding hydrogens is 280 g/mol. The third kappa shape index (κ3) is 3.28. The normalized spacial score (nSPS) is 26.0. The molecule has 2 aliphatic rings. The van der Waals surface area contributed by atoms with Gasteiger partial charge in [-0.05, 0) is 49.3 Å². The van der Waals surface area contributed by atoms with Crippen LogP contribution < -0.4 is 5.32 Å². The van der Waals surface area contributed by atoms with E-state index < -0.39 is 0 Å². The van der Waals surface area contributed by atoms with Crippen LogP contribution in [0.15, 0.2) is 24.3 Å². The Hall–Kier alpha value is -0.570. The second-order valence-electron chi connectivity index (χ2n) is 6.77. The van der Waals surface area contributed by atoms with E-state index in [1.54, 1.807) is 0 Å². The van der Waals surface area contributed by atoms with Crippen LogP contribution >= 0.6 is 11.6 Å². The first-order valence-corrected chi connectivity index (χ1v) is 8.77. The summed E-state index contributed by atoms with van der Waals surface area (Å²) in [6.45, 7) is 7.98. The minimum Gasteiger partial charge on any atom is -0.311 e. The summed E-state index contributed by atoms with van der Waals surface area (Å²) in [6.07, 6.45) is 5.23. The van der Waals surface area contributed by atoms with Crippen molar-refractivity contribution in [3.8, 4) is 0 Å². The molecule has 0 aromatic heterocycles. The molecule has 3 rings (SSSR count). The lowest BCUT2D eigenvalue weighted by molar-refractivity contribution is 0.0203. The zero-order chi connectivity index (χ0) is 14.9. The number of nitrogens with zero attached hydrogens (tertiary/aromatic N) is 1. The van der Waals surface area contributed by atoms with E-state index in [4.69, 9.17) is 11.6 Å². The van der Waals surface area contributed by atoms with Gasteiger partial charge in [-0.1, -0.05) is 37.6 Å². The van der Waals surface area contributed by atoms with Crippen molar-refractivity contribution in [2.45, 2.75) is 57.7 Å². The van der Waals surface area contributed by atoms with Crippen molar-refractivity contribution < 1.29 is 0 Å². The summed E-state index contributed by atoms with van der Waals surface area (Å²) in [5, 5.41) is 4.68. The summed E-state index contributed by atoms with van der Waals surface area (Å²) >= 11 is 6.16. The minimum atomic E-state index is 0.299. The number of piperazine rings is 1. The largest absolute Gasteiger partial charge is 0.311 e. The van der Waals surface area contributed by atoms with Gasteiger partial charge < -0.3 is 5.32 Å². The van der Waals surface area contributed by atoms with Crippen molar-refractivity contribution in [1.82, 2.24) is 10.2 Å². The Morgan fingerprint density at radius 1 is 1.29 bits per heavy atom. The van der Waals surface area contributed by atoms with Gasteiger partial charge in [0.15, 0.2) is 0 Å². The maximum Gasteiger partial charge on any atom is 0.0409 e. The third-order valence-electron chi connectivity index (χ3n) is 5.55. The van der Waals surface area contributed by atoms with Gasteiger partial charge in [0, 0.05) is 36.2 Å². The molecule has 1 unspecified atom stereocenters. The van der Waals surface area contributed by atoms with Crippen molar-refractivity contribution in [1.29, 1.82) is 0 Å². The van der Waals surface area contributed by atoms with Gasteiger partial charge >= 0.3 is 0 Å². The molecule has 0 amide bonds. The molecule has 2 nitrogen and oxygen atoms in total. The molecule has 2 fully saturated rings. The van der Waals surface area contributed by atoms with Crippen LogP contribution in [0.5, 0.6) is 0 Å². The highest BCUT2D eigenvalue weighted by Gasteiger charge is 2.43. The predicted molar refractivity (Wildman–Crippen MR) is 89.7 cm³/mol. The second-order valence-corrected chi connectivity index (χ2v) is 7.20. The molecule has 1 saturated heterocycles. The van der Waals surface area contributed by atoms with Gasteiger partial charge in [-0.25, -0.2) is 0 Å². The zero-order valence-corrected chi connectivity index (χ0v) is 14.0. The summed E-state index contributed by atoms with van der Waals surface area (Å²) in [5.41, 5.74) is 1.64. The first kappa shape index (κ1) is 15.3. The van der Waals surface area contributed by atoms with Crippen molar-refractivity contribution in [3.05, 3.63) is 34.9 Å². The van der Waals surface area contributed by atoms with Crippen LogP contribution in [0.25, 0.3) is 0 Å². The van der Waals surface area contributed by atoms with Gasteiger partial charge in [-0.3, -0.25) is 4.90 Å². The molecular formula is C18H27ClN2. The van der Waals surface area contributed by atoms with Gasteiger partial charge in [0.1, 0.15) is 0 Å². The van der Waals surface area contributed by atoms with Crippen molar-refractivity contribution in [2.24, 2.45) is 5.92 Å². The molecule has 21 heavy (non-hydrogen) atoms. The van der Waals surface area contributed by atoms with Gasteiger partial charge in [0.05, 0.1) is 0 Å². The number of hydrogen-bond donors (Lipinski definition) is 1. The number of rotatable bonds is 5. The number of hydrogen-bond acceptors (Lipinski definition) is 2. The second kappa shape index (κ2) is 6.28. The van der Waals surface area contributed by atoms with Gasteiger partial charge in [0.25, 0.3) is 0 Å². The van der Waals surface area contributed by atoms with Crippen LogP contribution in [-0.2, 0) is 6.54 Å². The third-order valence-corrected chi connectivity index (χ3v) is 5.79. The maximum atomic E-state index is 6.16. The van der Waals surface area contributed by atoms with E-state index in [1.807, 2.05) is 6.07 Å². The predicted octanol–water partition coefficient (Wildman–Crippen LogP) is 4.08. The fraction of sp³-hybridized carbons (Fsp3) is 0.667. The smallest absolute Gasteiger partial charge is 0.0409 e. The molecule has 1 heterocycles. The van der Waals surface area contributed by atoms with Gasteiger partial charge in [-0.15, -0.1) is 0 Å². The first-order chi connectivity index (χ1) is 10.2. The molecule has 1 N–H and O–H groups in total. The quantitative estimate of drug-likeness (QED) is 0.881. The molecule has 1 aromatic rings. The van der Waals surface area contributed by atoms with Gasteiger partial charge in [-0.2, -0.15) is 0 Å². The molecule has 0 radical (unpaired) electrons. The topological polar surface area (TPSA) is 15.3 Å². The molecule has 3 heteroatoms. The number of benzene rings is 1. The molecule has 1 saturated carbocycles.